The van der Waals surface area contributed by atoms with Crippen molar-refractivity contribution in [3.05, 3.63) is 112 Å². The van der Waals surface area contributed by atoms with Crippen LogP contribution in [0.5, 0.6) is 0 Å². The molecule has 0 saturated carbocycles. The maximum atomic E-state index is 13.2. The average Bonchev–Trinajstić information content (AvgIpc) is 2.79. The molecule has 0 heterocycles. The van der Waals surface area contributed by atoms with Crippen LogP contribution in [0.4, 0.5) is 5.69 Å². The zero-order chi connectivity index (χ0) is 20.9. The Hall–Kier alpha value is -2.91. The Morgan fingerprint density at radius 1 is 0.867 bits per heavy atom. The summed E-state index contributed by atoms with van der Waals surface area (Å²) in [6.07, 6.45) is 1.40. The minimum Gasteiger partial charge on any atom is -0.378 e. The maximum absolute atomic E-state index is 13.2. The first-order valence-corrected chi connectivity index (χ1v) is 11.0. The van der Waals surface area contributed by atoms with Gasteiger partial charge >= 0.3 is 0 Å². The summed E-state index contributed by atoms with van der Waals surface area (Å²) in [6, 6.07) is 30.6. The van der Waals surface area contributed by atoms with E-state index in [1.54, 1.807) is 0 Å². The van der Waals surface area contributed by atoms with Crippen LogP contribution in [0.2, 0.25) is 0 Å². The highest BCUT2D eigenvalue weighted by Crippen LogP contribution is 2.27. The number of ketones is 1. The number of rotatable bonds is 7. The molecule has 0 aliphatic carbocycles. The van der Waals surface area contributed by atoms with Crippen molar-refractivity contribution in [1.29, 1.82) is 0 Å². The van der Waals surface area contributed by atoms with Crippen LogP contribution in [-0.4, -0.2) is 5.78 Å². The summed E-state index contributed by atoms with van der Waals surface area (Å²) in [6.45, 7) is 2.15. The molecule has 1 N–H and O–H groups in total. The van der Waals surface area contributed by atoms with Crippen LogP contribution in [0, 0.1) is 0 Å². The number of carbonyl (C=O) groups excluding carboxylic acids is 1. The Bertz CT molecular complexity index is 1150. The zero-order valence-corrected chi connectivity index (χ0v) is 18.5. The molecule has 0 aliphatic rings. The number of hydrogen-bond acceptors (Lipinski definition) is 2. The highest BCUT2D eigenvalue weighted by Gasteiger charge is 2.18. The van der Waals surface area contributed by atoms with Gasteiger partial charge < -0.3 is 5.32 Å². The number of anilines is 1. The van der Waals surface area contributed by atoms with Crippen LogP contribution >= 0.6 is 15.9 Å². The van der Waals surface area contributed by atoms with E-state index in [2.05, 4.69) is 70.6 Å². The lowest BCUT2D eigenvalue weighted by Gasteiger charge is -2.20. The van der Waals surface area contributed by atoms with Crippen molar-refractivity contribution in [3.63, 3.8) is 0 Å². The van der Waals surface area contributed by atoms with Gasteiger partial charge in [0.25, 0.3) is 0 Å². The number of nitrogens with one attached hydrogen (secondary N) is 1. The summed E-state index contributed by atoms with van der Waals surface area (Å²) in [5.41, 5.74) is 4.16. The number of carbonyl (C=O) groups is 1. The summed E-state index contributed by atoms with van der Waals surface area (Å²) in [5.74, 6) is 0.131. The van der Waals surface area contributed by atoms with Crippen LogP contribution in [0.15, 0.2) is 95.5 Å². The van der Waals surface area contributed by atoms with Gasteiger partial charge in [-0.2, -0.15) is 0 Å². The smallest absolute Gasteiger partial charge is 0.165 e. The van der Waals surface area contributed by atoms with Gasteiger partial charge in [-0.15, -0.1) is 0 Å². The van der Waals surface area contributed by atoms with E-state index in [9.17, 15) is 4.79 Å². The third kappa shape index (κ3) is 4.80. The minimum absolute atomic E-state index is 0.107. The molecule has 0 radical (unpaired) electrons. The van der Waals surface area contributed by atoms with E-state index in [0.717, 1.165) is 38.5 Å². The van der Waals surface area contributed by atoms with Crippen molar-refractivity contribution < 1.29 is 4.79 Å². The Morgan fingerprint density at radius 2 is 1.57 bits per heavy atom. The molecule has 150 valence electrons. The predicted molar refractivity (Wildman–Crippen MR) is 129 cm³/mol. The molecule has 4 rings (SSSR count). The second kappa shape index (κ2) is 9.27. The normalized spacial score (nSPS) is 11.9. The van der Waals surface area contributed by atoms with Crippen molar-refractivity contribution in [2.45, 2.75) is 25.8 Å². The number of hydrogen-bond donors (Lipinski definition) is 1. The van der Waals surface area contributed by atoms with E-state index < -0.39 is 0 Å². The summed E-state index contributed by atoms with van der Waals surface area (Å²) < 4.78 is 1.03. The second-order valence-corrected chi connectivity index (χ2v) is 8.40. The summed E-state index contributed by atoms with van der Waals surface area (Å²) >= 11 is 3.50. The first-order chi connectivity index (χ1) is 14.6. The third-order valence-electron chi connectivity index (χ3n) is 5.44. The fraction of sp³-hybridized carbons (Fsp3) is 0.148. The van der Waals surface area contributed by atoms with Gasteiger partial charge in [0, 0.05) is 22.1 Å². The van der Waals surface area contributed by atoms with Crippen LogP contribution in [0.3, 0.4) is 0 Å². The van der Waals surface area contributed by atoms with E-state index in [-0.39, 0.29) is 11.8 Å². The van der Waals surface area contributed by atoms with Crippen molar-refractivity contribution >= 4 is 38.2 Å². The molecule has 30 heavy (non-hydrogen) atoms. The van der Waals surface area contributed by atoms with Crippen LogP contribution in [0.1, 0.15) is 40.9 Å². The largest absolute Gasteiger partial charge is 0.378 e. The molecule has 0 aliphatic heterocycles. The van der Waals surface area contributed by atoms with Gasteiger partial charge in [0.05, 0.1) is 6.04 Å². The standard InChI is InChI=1S/C27H24BrNO/c1-2-19-7-15-25(16-8-19)29-26(21-11-13-24(28)14-12-21)18-27(30)23-10-9-20-5-3-4-6-22(20)17-23/h3-17,26,29H,2,18H2,1H3. The average molecular weight is 458 g/mol. The van der Waals surface area contributed by atoms with Gasteiger partial charge in [-0.3, -0.25) is 4.79 Å². The number of halogens is 1. The fourth-order valence-electron chi connectivity index (χ4n) is 3.65. The second-order valence-electron chi connectivity index (χ2n) is 7.49. The number of fused-ring (bicyclic) bond motifs is 1. The minimum atomic E-state index is -0.107. The van der Waals surface area contributed by atoms with Gasteiger partial charge in [-0.05, 0) is 58.7 Å². The molecule has 4 aromatic carbocycles. The third-order valence-corrected chi connectivity index (χ3v) is 5.97. The first-order valence-electron chi connectivity index (χ1n) is 10.3. The van der Waals surface area contributed by atoms with Crippen molar-refractivity contribution in [1.82, 2.24) is 0 Å². The molecule has 1 unspecified atom stereocenters. The topological polar surface area (TPSA) is 29.1 Å². The molecule has 0 aromatic heterocycles. The molecule has 4 aromatic rings. The van der Waals surface area contributed by atoms with E-state index in [1.807, 2.05) is 48.5 Å². The van der Waals surface area contributed by atoms with E-state index in [4.69, 9.17) is 0 Å². The van der Waals surface area contributed by atoms with E-state index >= 15 is 0 Å². The van der Waals surface area contributed by atoms with Crippen LogP contribution in [0.25, 0.3) is 10.8 Å². The summed E-state index contributed by atoms with van der Waals surface area (Å²) in [7, 11) is 0. The molecule has 2 nitrogen and oxygen atoms in total. The summed E-state index contributed by atoms with van der Waals surface area (Å²) in [5, 5.41) is 5.80. The monoisotopic (exact) mass is 457 g/mol. The Kier molecular flexibility index (Phi) is 6.29. The lowest BCUT2D eigenvalue weighted by atomic mass is 9.96. The molecule has 0 spiro atoms. The van der Waals surface area contributed by atoms with Crippen molar-refractivity contribution in [2.75, 3.05) is 5.32 Å². The van der Waals surface area contributed by atoms with E-state index in [0.29, 0.717) is 6.42 Å². The van der Waals surface area contributed by atoms with Gasteiger partial charge in [-0.1, -0.05) is 83.5 Å². The van der Waals surface area contributed by atoms with E-state index in [1.165, 1.54) is 5.56 Å². The number of benzene rings is 4. The highest BCUT2D eigenvalue weighted by atomic mass is 79.9. The molecule has 3 heteroatoms. The lowest BCUT2D eigenvalue weighted by Crippen LogP contribution is -2.16. The molecule has 1 atom stereocenters. The summed E-state index contributed by atoms with van der Waals surface area (Å²) in [4.78, 5) is 13.2. The van der Waals surface area contributed by atoms with Crippen LogP contribution in [-0.2, 0) is 6.42 Å². The highest BCUT2D eigenvalue weighted by molar-refractivity contribution is 9.10. The Morgan fingerprint density at radius 3 is 2.27 bits per heavy atom. The predicted octanol–water partition coefficient (Wildman–Crippen LogP) is 7.59. The zero-order valence-electron chi connectivity index (χ0n) is 16.9. The van der Waals surface area contributed by atoms with Gasteiger partial charge in [-0.25, -0.2) is 0 Å². The molecule has 0 fully saturated rings. The molecular weight excluding hydrogens is 434 g/mol. The number of aryl methyl sites for hydroxylation is 1. The van der Waals surface area contributed by atoms with Crippen molar-refractivity contribution in [3.8, 4) is 0 Å². The van der Waals surface area contributed by atoms with Gasteiger partial charge in [0.2, 0.25) is 0 Å². The Balaban J connectivity index is 1.60. The molecule has 0 bridgehead atoms. The SMILES string of the molecule is CCc1ccc(NC(CC(=O)c2ccc3ccccc3c2)c2ccc(Br)cc2)cc1. The lowest BCUT2D eigenvalue weighted by molar-refractivity contribution is 0.0976. The molecular formula is C27H24BrNO. The first kappa shape index (κ1) is 20.4. The Labute approximate surface area is 186 Å². The quantitative estimate of drug-likeness (QED) is 0.289. The fourth-order valence-corrected chi connectivity index (χ4v) is 3.92. The van der Waals surface area contributed by atoms with Gasteiger partial charge in [0.15, 0.2) is 5.78 Å². The molecule has 0 amide bonds. The maximum Gasteiger partial charge on any atom is 0.165 e. The van der Waals surface area contributed by atoms with Crippen LogP contribution < -0.4 is 5.32 Å². The van der Waals surface area contributed by atoms with Gasteiger partial charge in [0.1, 0.15) is 0 Å². The van der Waals surface area contributed by atoms with Crippen molar-refractivity contribution in [2.24, 2.45) is 0 Å². The molecule has 0 saturated heterocycles. The number of Topliss-reactive ketones (excluding diaryl/α,β-unsaturated/α-hetero) is 1.